The highest BCUT2D eigenvalue weighted by Crippen LogP contribution is 2.11. The van der Waals surface area contributed by atoms with Gasteiger partial charge in [-0.3, -0.25) is 0 Å². The molecule has 1 heterocycles. The number of allylic oxidation sites excluding steroid dienone is 4. The summed E-state index contributed by atoms with van der Waals surface area (Å²) in [6.45, 7) is 6.10. The highest BCUT2D eigenvalue weighted by Gasteiger charge is 2.09. The van der Waals surface area contributed by atoms with Crippen LogP contribution < -0.4 is 17.0 Å². The lowest BCUT2D eigenvalue weighted by Gasteiger charge is -2.05. The minimum atomic E-state index is -0.189. The first-order valence-corrected chi connectivity index (χ1v) is 18.7. The molecule has 0 spiro atoms. The Morgan fingerprint density at radius 2 is 0.909 bits per heavy atom. The molecule has 0 atom stereocenters. The molecule has 0 unspecified atom stereocenters. The van der Waals surface area contributed by atoms with Crippen LogP contribution in [0.2, 0.25) is 0 Å². The SMILES string of the molecule is CCCCCC/C=C\CCCCCCCCOC(=O)c1cc[n+](CCCCCCCC/C=C\CCCCCCCC)cc1.[Cl-]. The van der Waals surface area contributed by atoms with E-state index in [2.05, 4.69) is 42.7 Å². The van der Waals surface area contributed by atoms with Crippen LogP contribution in [-0.4, -0.2) is 12.6 Å². The van der Waals surface area contributed by atoms with Crippen molar-refractivity contribution in [1.29, 1.82) is 0 Å². The minimum absolute atomic E-state index is 0. The summed E-state index contributed by atoms with van der Waals surface area (Å²) < 4.78 is 7.70. The molecule has 1 aromatic rings. The summed E-state index contributed by atoms with van der Waals surface area (Å²) in [5.41, 5.74) is 0.663. The van der Waals surface area contributed by atoms with Gasteiger partial charge in [-0.2, -0.15) is 0 Å². The maximum Gasteiger partial charge on any atom is 0.338 e. The second-order valence-electron chi connectivity index (χ2n) is 12.6. The Bertz CT molecular complexity index is 789. The number of hydrogen-bond acceptors (Lipinski definition) is 2. The molecule has 0 radical (unpaired) electrons. The molecular weight excluding hydrogens is 562 g/mol. The summed E-state index contributed by atoms with van der Waals surface area (Å²) in [5, 5.41) is 0. The summed E-state index contributed by atoms with van der Waals surface area (Å²) in [6, 6.07) is 3.81. The van der Waals surface area contributed by atoms with Crippen LogP contribution in [0.3, 0.4) is 0 Å². The molecule has 4 heteroatoms. The highest BCUT2D eigenvalue weighted by atomic mass is 35.5. The molecule has 0 saturated carbocycles. The smallest absolute Gasteiger partial charge is 0.338 e. The number of pyridine rings is 1. The van der Waals surface area contributed by atoms with E-state index in [0.29, 0.717) is 12.2 Å². The minimum Gasteiger partial charge on any atom is -1.00 e. The standard InChI is InChI=1S/C40H70NO2.ClH/c1-3-5-7-9-11-13-15-17-19-20-21-23-25-27-29-31-35-41-36-33-39(34-37-41)40(42)43-38-32-30-28-26-24-22-18-16-14-12-10-8-6-4-2;/h14,16-17,19,33-34,36-37H,3-13,15,18,20-32,35,38H2,1-2H3;1H/q+1;/p-1/b16-14-,19-17-;. The fourth-order valence-corrected chi connectivity index (χ4v) is 5.53. The molecule has 0 aliphatic rings. The number of hydrogen-bond donors (Lipinski definition) is 0. The van der Waals surface area contributed by atoms with Crippen molar-refractivity contribution in [3.8, 4) is 0 Å². The Morgan fingerprint density at radius 3 is 1.36 bits per heavy atom. The first-order chi connectivity index (χ1) is 21.3. The number of carbonyl (C=O) groups excluding carboxylic acids is 1. The Labute approximate surface area is 280 Å². The molecule has 0 N–H and O–H groups in total. The summed E-state index contributed by atoms with van der Waals surface area (Å²) >= 11 is 0. The van der Waals surface area contributed by atoms with Crippen LogP contribution in [0.25, 0.3) is 0 Å². The van der Waals surface area contributed by atoms with E-state index in [1.54, 1.807) is 0 Å². The van der Waals surface area contributed by atoms with Crippen LogP contribution in [0.15, 0.2) is 48.8 Å². The molecule has 0 fully saturated rings. The second-order valence-corrected chi connectivity index (χ2v) is 12.6. The van der Waals surface area contributed by atoms with E-state index in [0.717, 1.165) is 19.4 Å². The highest BCUT2D eigenvalue weighted by molar-refractivity contribution is 5.88. The van der Waals surface area contributed by atoms with Crippen molar-refractivity contribution in [1.82, 2.24) is 0 Å². The summed E-state index contributed by atoms with van der Waals surface area (Å²) in [4.78, 5) is 12.4. The lowest BCUT2D eigenvalue weighted by Crippen LogP contribution is -3.00. The van der Waals surface area contributed by atoms with E-state index >= 15 is 0 Å². The first kappa shape index (κ1) is 42.4. The molecule has 3 nitrogen and oxygen atoms in total. The van der Waals surface area contributed by atoms with Gasteiger partial charge < -0.3 is 17.1 Å². The Balaban J connectivity index is 0.0000185. The number of unbranched alkanes of at least 4 members (excludes halogenated alkanes) is 22. The summed E-state index contributed by atoms with van der Waals surface area (Å²) in [7, 11) is 0. The lowest BCUT2D eigenvalue weighted by molar-refractivity contribution is -0.697. The van der Waals surface area contributed by atoms with E-state index in [1.165, 1.54) is 154 Å². The van der Waals surface area contributed by atoms with E-state index in [9.17, 15) is 4.79 Å². The second kappa shape index (κ2) is 34.3. The number of aryl methyl sites for hydroxylation is 1. The summed E-state index contributed by atoms with van der Waals surface area (Å²) in [5.74, 6) is -0.189. The number of halogens is 1. The zero-order valence-electron chi connectivity index (χ0n) is 29.1. The van der Waals surface area contributed by atoms with Crippen LogP contribution in [-0.2, 0) is 11.3 Å². The zero-order chi connectivity index (χ0) is 30.9. The molecule has 0 aliphatic carbocycles. The monoisotopic (exact) mass is 632 g/mol. The molecular formula is C40H70ClNO2. The van der Waals surface area contributed by atoms with Gasteiger partial charge in [-0.05, 0) is 64.2 Å². The topological polar surface area (TPSA) is 30.2 Å². The first-order valence-electron chi connectivity index (χ1n) is 18.7. The van der Waals surface area contributed by atoms with Gasteiger partial charge in [0.1, 0.15) is 6.54 Å². The van der Waals surface area contributed by atoms with Crippen molar-refractivity contribution in [2.45, 2.75) is 187 Å². The fraction of sp³-hybridized carbons (Fsp3) is 0.750. The van der Waals surface area contributed by atoms with Gasteiger partial charge in [0.25, 0.3) is 0 Å². The van der Waals surface area contributed by atoms with Crippen LogP contribution >= 0.6 is 0 Å². The van der Waals surface area contributed by atoms with Crippen LogP contribution in [0.4, 0.5) is 0 Å². The van der Waals surface area contributed by atoms with Crippen molar-refractivity contribution in [2.75, 3.05) is 6.61 Å². The van der Waals surface area contributed by atoms with Crippen molar-refractivity contribution >= 4 is 5.97 Å². The van der Waals surface area contributed by atoms with Crippen LogP contribution in [0, 0.1) is 0 Å². The molecule has 1 aromatic heterocycles. The van der Waals surface area contributed by atoms with Gasteiger partial charge >= 0.3 is 5.97 Å². The number of nitrogens with zero attached hydrogens (tertiary/aromatic N) is 1. The number of carbonyl (C=O) groups is 1. The number of rotatable bonds is 31. The number of aromatic nitrogens is 1. The Hall–Kier alpha value is -1.61. The molecule has 254 valence electrons. The third-order valence-corrected chi connectivity index (χ3v) is 8.44. The van der Waals surface area contributed by atoms with Gasteiger partial charge in [0.2, 0.25) is 0 Å². The van der Waals surface area contributed by atoms with E-state index in [4.69, 9.17) is 4.74 Å². The van der Waals surface area contributed by atoms with Gasteiger partial charge in [0.05, 0.1) is 12.2 Å². The maximum absolute atomic E-state index is 12.4. The van der Waals surface area contributed by atoms with Crippen molar-refractivity contribution in [3.05, 3.63) is 54.4 Å². The zero-order valence-corrected chi connectivity index (χ0v) is 29.8. The van der Waals surface area contributed by atoms with E-state index in [1.807, 2.05) is 24.5 Å². The summed E-state index contributed by atoms with van der Waals surface area (Å²) in [6.07, 6.45) is 47.4. The third-order valence-electron chi connectivity index (χ3n) is 8.44. The van der Waals surface area contributed by atoms with Crippen molar-refractivity contribution in [3.63, 3.8) is 0 Å². The lowest BCUT2D eigenvalue weighted by atomic mass is 10.1. The molecule has 44 heavy (non-hydrogen) atoms. The normalized spacial score (nSPS) is 11.4. The van der Waals surface area contributed by atoms with Crippen molar-refractivity contribution < 1.29 is 26.5 Å². The average Bonchev–Trinajstić information content (AvgIpc) is 3.03. The van der Waals surface area contributed by atoms with Crippen LogP contribution in [0.1, 0.15) is 191 Å². The van der Waals surface area contributed by atoms with E-state index in [-0.39, 0.29) is 18.4 Å². The maximum atomic E-state index is 12.4. The van der Waals surface area contributed by atoms with Crippen LogP contribution in [0.5, 0.6) is 0 Å². The van der Waals surface area contributed by atoms with Gasteiger partial charge in [-0.15, -0.1) is 0 Å². The quantitative estimate of drug-likeness (QED) is 0.0354. The Kier molecular flexibility index (Phi) is 33.0. The fourth-order valence-electron chi connectivity index (χ4n) is 5.53. The largest absolute Gasteiger partial charge is 1.00 e. The molecule has 1 rings (SSSR count). The predicted octanol–water partition coefficient (Wildman–Crippen LogP) is 9.43. The molecule has 0 amide bonds. The molecule has 0 bridgehead atoms. The van der Waals surface area contributed by atoms with E-state index < -0.39 is 0 Å². The van der Waals surface area contributed by atoms with Gasteiger partial charge in [0.15, 0.2) is 12.4 Å². The Morgan fingerprint density at radius 1 is 0.545 bits per heavy atom. The molecule has 0 saturated heterocycles. The van der Waals surface area contributed by atoms with Gasteiger partial charge in [0, 0.05) is 18.6 Å². The van der Waals surface area contributed by atoms with Gasteiger partial charge in [-0.1, -0.05) is 134 Å². The van der Waals surface area contributed by atoms with Gasteiger partial charge in [-0.25, -0.2) is 9.36 Å². The third kappa shape index (κ3) is 27.9. The average molecular weight is 632 g/mol. The van der Waals surface area contributed by atoms with Crippen molar-refractivity contribution in [2.24, 2.45) is 0 Å². The molecule has 0 aromatic carbocycles. The molecule has 0 aliphatic heterocycles. The predicted molar refractivity (Wildman–Crippen MR) is 187 cm³/mol. The number of ether oxygens (including phenoxy) is 1. The number of esters is 1.